The predicted molar refractivity (Wildman–Crippen MR) is 140 cm³/mol. The Morgan fingerprint density at radius 3 is 2.75 bits per heavy atom. The molecule has 190 valence electrons. The van der Waals surface area contributed by atoms with Crippen LogP contribution in [0.1, 0.15) is 31.7 Å². The van der Waals surface area contributed by atoms with Crippen molar-refractivity contribution in [2.75, 3.05) is 26.0 Å². The molecule has 0 bridgehead atoms. The fourth-order valence-electron chi connectivity index (χ4n) is 4.18. The third kappa shape index (κ3) is 5.58. The number of pyridine rings is 1. The third-order valence-electron chi connectivity index (χ3n) is 6.07. The van der Waals surface area contributed by atoms with Gasteiger partial charge in [0.2, 0.25) is 0 Å². The quantitative estimate of drug-likeness (QED) is 0.256. The number of nitrogens with one attached hydrogen (secondary N) is 1. The van der Waals surface area contributed by atoms with Gasteiger partial charge in [0.05, 0.1) is 17.6 Å². The first kappa shape index (κ1) is 25.4. The molecule has 4 N–H and O–H groups in total. The number of benzene rings is 2. The highest BCUT2D eigenvalue weighted by Crippen LogP contribution is 2.29. The van der Waals surface area contributed by atoms with Gasteiger partial charge in [0, 0.05) is 32.0 Å². The molecule has 0 unspecified atom stereocenters. The molecule has 9 nitrogen and oxygen atoms in total. The Kier molecular flexibility index (Phi) is 7.71. The average Bonchev–Trinajstić information content (AvgIpc) is 3.21. The highest BCUT2D eigenvalue weighted by Gasteiger charge is 2.29. The zero-order valence-corrected chi connectivity index (χ0v) is 21.0. The summed E-state index contributed by atoms with van der Waals surface area (Å²) in [5, 5.41) is 13.8. The summed E-state index contributed by atoms with van der Waals surface area (Å²) in [4.78, 5) is 20.7. The summed E-state index contributed by atoms with van der Waals surface area (Å²) >= 11 is 0. The molecular formula is C27H33N5O4. The van der Waals surface area contributed by atoms with Crippen molar-refractivity contribution < 1.29 is 19.4 Å². The normalized spacial score (nSPS) is 11.9. The maximum absolute atomic E-state index is 11.3. The molecule has 2 heterocycles. The summed E-state index contributed by atoms with van der Waals surface area (Å²) < 4.78 is 13.2. The summed E-state index contributed by atoms with van der Waals surface area (Å²) in [7, 11) is 1.69. The number of aromatic nitrogens is 3. The number of para-hydroxylation sites is 1. The highest BCUT2D eigenvalue weighted by atomic mass is 16.5. The molecule has 4 rings (SSSR count). The second-order valence-electron chi connectivity index (χ2n) is 9.23. The molecule has 0 atom stereocenters. The lowest BCUT2D eigenvalue weighted by molar-refractivity contribution is -0.152. The number of nitrogens with zero attached hydrogens (tertiary/aromatic N) is 3. The number of carboxylic acids is 1. The zero-order chi connectivity index (χ0) is 25.7. The van der Waals surface area contributed by atoms with Gasteiger partial charge in [-0.2, -0.15) is 0 Å². The van der Waals surface area contributed by atoms with Crippen LogP contribution >= 0.6 is 0 Å². The molecule has 0 spiro atoms. The SMILES string of the molecule is COCCc1nc2c(N)nc3ccccc3c2n1CCCNCc1cccc(OC(C)(C)C(=O)O)c1. The van der Waals surface area contributed by atoms with Crippen molar-refractivity contribution in [2.45, 2.75) is 45.4 Å². The molecular weight excluding hydrogens is 458 g/mol. The van der Waals surface area contributed by atoms with E-state index in [2.05, 4.69) is 20.9 Å². The van der Waals surface area contributed by atoms with Crippen molar-refractivity contribution in [3.8, 4) is 5.75 Å². The summed E-state index contributed by atoms with van der Waals surface area (Å²) in [6, 6.07) is 15.5. The van der Waals surface area contributed by atoms with Gasteiger partial charge in [0.1, 0.15) is 17.1 Å². The van der Waals surface area contributed by atoms with Crippen LogP contribution in [0.3, 0.4) is 0 Å². The Bertz CT molecular complexity index is 1370. The molecule has 0 radical (unpaired) electrons. The number of nitrogen functional groups attached to an aromatic ring is 1. The lowest BCUT2D eigenvalue weighted by Crippen LogP contribution is -2.37. The summed E-state index contributed by atoms with van der Waals surface area (Å²) in [5.74, 6) is 0.899. The molecule has 0 aliphatic rings. The molecule has 0 saturated heterocycles. The molecule has 9 heteroatoms. The molecule has 0 fully saturated rings. The summed E-state index contributed by atoms with van der Waals surface area (Å²) in [6.07, 6.45) is 1.57. The Morgan fingerprint density at radius 2 is 1.97 bits per heavy atom. The van der Waals surface area contributed by atoms with Gasteiger partial charge in [0.15, 0.2) is 11.4 Å². The second-order valence-corrected chi connectivity index (χ2v) is 9.23. The first-order chi connectivity index (χ1) is 17.3. The zero-order valence-electron chi connectivity index (χ0n) is 21.0. The maximum Gasteiger partial charge on any atom is 0.347 e. The summed E-state index contributed by atoms with van der Waals surface area (Å²) in [6.45, 7) is 5.84. The number of rotatable bonds is 12. The van der Waals surface area contributed by atoms with Crippen LogP contribution in [0.15, 0.2) is 48.5 Å². The molecule has 2 aromatic heterocycles. The standard InChI is InChI=1S/C27H33N5O4/c1-27(2,26(33)34)36-19-9-6-8-18(16-19)17-29-13-7-14-32-22(12-15-35-3)31-23-24(32)20-10-4-5-11-21(20)30-25(23)28/h4-6,8-11,16,29H,7,12-15,17H2,1-3H3,(H2,28,30)(H,33,34). The maximum atomic E-state index is 11.3. The van der Waals surface area contributed by atoms with E-state index in [9.17, 15) is 9.90 Å². The molecule has 36 heavy (non-hydrogen) atoms. The first-order valence-corrected chi connectivity index (χ1v) is 12.0. The Hall–Kier alpha value is -3.69. The number of fused-ring (bicyclic) bond motifs is 3. The minimum atomic E-state index is -1.29. The van der Waals surface area contributed by atoms with E-state index in [0.29, 0.717) is 31.1 Å². The number of methoxy groups -OCH3 is 1. The molecule has 2 aromatic carbocycles. The van der Waals surface area contributed by atoms with Crippen molar-refractivity contribution in [1.82, 2.24) is 19.9 Å². The lowest BCUT2D eigenvalue weighted by atomic mass is 10.1. The Labute approximate surface area is 210 Å². The van der Waals surface area contributed by atoms with E-state index in [0.717, 1.165) is 52.8 Å². The first-order valence-electron chi connectivity index (χ1n) is 12.0. The number of ether oxygens (including phenoxy) is 2. The van der Waals surface area contributed by atoms with Crippen molar-refractivity contribution >= 4 is 33.7 Å². The van der Waals surface area contributed by atoms with E-state index in [-0.39, 0.29) is 0 Å². The number of carbonyl (C=O) groups is 1. The minimum absolute atomic E-state index is 0.437. The molecule has 0 aliphatic heterocycles. The van der Waals surface area contributed by atoms with Gasteiger partial charge in [-0.25, -0.2) is 14.8 Å². The fraction of sp³-hybridized carbons (Fsp3) is 0.370. The van der Waals surface area contributed by atoms with Crippen LogP contribution in [0.5, 0.6) is 5.75 Å². The van der Waals surface area contributed by atoms with Crippen molar-refractivity contribution in [3.05, 3.63) is 59.9 Å². The van der Waals surface area contributed by atoms with Crippen molar-refractivity contribution in [3.63, 3.8) is 0 Å². The number of imidazole rings is 1. The van der Waals surface area contributed by atoms with Crippen LogP contribution in [0, 0.1) is 0 Å². The van der Waals surface area contributed by atoms with E-state index in [1.807, 2.05) is 36.4 Å². The number of hydrogen-bond donors (Lipinski definition) is 3. The minimum Gasteiger partial charge on any atom is -0.478 e. The molecule has 0 saturated carbocycles. The number of anilines is 1. The lowest BCUT2D eigenvalue weighted by Gasteiger charge is -2.21. The van der Waals surface area contributed by atoms with E-state index >= 15 is 0 Å². The largest absolute Gasteiger partial charge is 0.478 e. The third-order valence-corrected chi connectivity index (χ3v) is 6.07. The monoisotopic (exact) mass is 491 g/mol. The Balaban J connectivity index is 1.44. The second kappa shape index (κ2) is 10.9. The van der Waals surface area contributed by atoms with Gasteiger partial charge in [-0.05, 0) is 50.6 Å². The van der Waals surface area contributed by atoms with Crippen LogP contribution < -0.4 is 15.8 Å². The van der Waals surface area contributed by atoms with Crippen molar-refractivity contribution in [1.29, 1.82) is 0 Å². The number of nitrogens with two attached hydrogens (primary N) is 1. The molecule has 0 aliphatic carbocycles. The van der Waals surface area contributed by atoms with Crippen LogP contribution in [0.4, 0.5) is 5.82 Å². The number of carboxylic acid groups (broad SMARTS) is 1. The Morgan fingerprint density at radius 1 is 1.17 bits per heavy atom. The van der Waals surface area contributed by atoms with Gasteiger partial charge < -0.3 is 30.2 Å². The number of aliphatic carboxylic acids is 1. The molecule has 4 aromatic rings. The molecule has 0 amide bonds. The number of aryl methyl sites for hydroxylation is 1. The number of hydrogen-bond acceptors (Lipinski definition) is 7. The topological polar surface area (TPSA) is 125 Å². The highest BCUT2D eigenvalue weighted by molar-refractivity contribution is 6.06. The van der Waals surface area contributed by atoms with E-state index < -0.39 is 11.6 Å². The van der Waals surface area contributed by atoms with Crippen LogP contribution in [-0.2, 0) is 29.0 Å². The van der Waals surface area contributed by atoms with Crippen LogP contribution in [0.25, 0.3) is 21.9 Å². The van der Waals surface area contributed by atoms with Gasteiger partial charge in [-0.1, -0.05) is 30.3 Å². The summed E-state index contributed by atoms with van der Waals surface area (Å²) in [5.41, 5.74) is 8.59. The fourth-order valence-corrected chi connectivity index (χ4v) is 4.18. The van der Waals surface area contributed by atoms with Crippen LogP contribution in [0.2, 0.25) is 0 Å². The smallest absolute Gasteiger partial charge is 0.347 e. The van der Waals surface area contributed by atoms with Crippen LogP contribution in [-0.4, -0.2) is 51.5 Å². The van der Waals surface area contributed by atoms with Gasteiger partial charge in [-0.3, -0.25) is 0 Å². The van der Waals surface area contributed by atoms with Crippen molar-refractivity contribution in [2.24, 2.45) is 0 Å². The van der Waals surface area contributed by atoms with E-state index in [1.54, 1.807) is 13.2 Å². The van der Waals surface area contributed by atoms with E-state index in [4.69, 9.17) is 20.2 Å². The van der Waals surface area contributed by atoms with E-state index in [1.165, 1.54) is 13.8 Å². The predicted octanol–water partition coefficient (Wildman–Crippen LogP) is 3.78. The van der Waals surface area contributed by atoms with Gasteiger partial charge >= 0.3 is 5.97 Å². The average molecular weight is 492 g/mol. The van der Waals surface area contributed by atoms with Gasteiger partial charge in [0.25, 0.3) is 0 Å². The van der Waals surface area contributed by atoms with Gasteiger partial charge in [-0.15, -0.1) is 0 Å².